The predicted molar refractivity (Wildman–Crippen MR) is 105 cm³/mol. The highest BCUT2D eigenvalue weighted by Gasteiger charge is 2.37. The summed E-state index contributed by atoms with van der Waals surface area (Å²) in [7, 11) is 3.02. The van der Waals surface area contributed by atoms with Gasteiger partial charge in [-0.3, -0.25) is 9.59 Å². The Morgan fingerprint density at radius 3 is 2.41 bits per heavy atom. The number of methoxy groups -OCH3 is 2. The molecular weight excluding hydrogens is 376 g/mol. The minimum atomic E-state index is -1.17. The summed E-state index contributed by atoms with van der Waals surface area (Å²) in [5, 5.41) is 12.0. The third-order valence-corrected chi connectivity index (χ3v) is 4.84. The van der Waals surface area contributed by atoms with Gasteiger partial charge in [0, 0.05) is 24.7 Å². The lowest BCUT2D eigenvalue weighted by atomic mass is 10.0. The first-order valence-electron chi connectivity index (χ1n) is 9.05. The lowest BCUT2D eigenvalue weighted by Crippen LogP contribution is -2.38. The molecule has 0 radical (unpaired) electrons. The fourth-order valence-electron chi connectivity index (χ4n) is 3.32. The Labute approximate surface area is 168 Å². The lowest BCUT2D eigenvalue weighted by Gasteiger charge is -2.20. The van der Waals surface area contributed by atoms with Gasteiger partial charge in [0.15, 0.2) is 17.5 Å². The van der Waals surface area contributed by atoms with E-state index in [9.17, 15) is 19.5 Å². The van der Waals surface area contributed by atoms with Gasteiger partial charge in [0.25, 0.3) is 0 Å². The van der Waals surface area contributed by atoms with Crippen LogP contribution >= 0.6 is 0 Å². The maximum absolute atomic E-state index is 12.7. The van der Waals surface area contributed by atoms with E-state index >= 15 is 0 Å². The summed E-state index contributed by atoms with van der Waals surface area (Å²) in [6, 6.07) is 12.3. The molecule has 0 aromatic heterocycles. The fraction of sp³-hybridized carbons (Fsp3) is 0.286. The molecule has 0 bridgehead atoms. The number of hydrogen-bond acceptors (Lipinski definition) is 5. The lowest BCUT2D eigenvalue weighted by molar-refractivity contribution is -0.142. The predicted octanol–water partition coefficient (Wildman–Crippen LogP) is 2.00. The molecule has 1 aliphatic heterocycles. The normalized spacial score (nSPS) is 17.0. The topological polar surface area (TPSA) is 105 Å². The summed E-state index contributed by atoms with van der Waals surface area (Å²) in [5.74, 6) is -1.50. The van der Waals surface area contributed by atoms with E-state index in [1.54, 1.807) is 48.5 Å². The number of ether oxygens (including phenoxy) is 2. The van der Waals surface area contributed by atoms with E-state index in [1.165, 1.54) is 19.1 Å². The molecule has 0 saturated carbocycles. The van der Waals surface area contributed by atoms with E-state index in [-0.39, 0.29) is 18.9 Å². The van der Waals surface area contributed by atoms with Gasteiger partial charge < -0.3 is 24.8 Å². The number of carboxylic acids is 1. The first-order chi connectivity index (χ1) is 13.9. The van der Waals surface area contributed by atoms with Crippen LogP contribution in [-0.4, -0.2) is 43.7 Å². The molecule has 0 aliphatic carbocycles. The Morgan fingerprint density at radius 1 is 1.10 bits per heavy atom. The first kappa shape index (κ1) is 20.2. The standard InChI is InChI=1S/C21H22N2O6/c1-28-16-9-8-15(11-17(16)29-2)23-12-14(10-18(23)24)20(25)22-19(21(26)27)13-6-4-3-5-7-13/h3-9,11,14,19H,10,12H2,1-2H3,(H,22,25)(H,26,27)/t14-,19-/m1/s1. The quantitative estimate of drug-likeness (QED) is 0.739. The first-order valence-corrected chi connectivity index (χ1v) is 9.05. The van der Waals surface area contributed by atoms with Gasteiger partial charge in [0.05, 0.1) is 20.1 Å². The molecule has 29 heavy (non-hydrogen) atoms. The Hall–Kier alpha value is -3.55. The monoisotopic (exact) mass is 398 g/mol. The second-order valence-corrected chi connectivity index (χ2v) is 6.64. The highest BCUT2D eigenvalue weighted by atomic mass is 16.5. The van der Waals surface area contributed by atoms with Gasteiger partial charge in [-0.2, -0.15) is 0 Å². The van der Waals surface area contributed by atoms with E-state index in [4.69, 9.17) is 9.47 Å². The van der Waals surface area contributed by atoms with Crippen LogP contribution in [0.1, 0.15) is 18.0 Å². The fourth-order valence-corrected chi connectivity index (χ4v) is 3.32. The van der Waals surface area contributed by atoms with E-state index in [0.717, 1.165) is 0 Å². The minimum Gasteiger partial charge on any atom is -0.493 e. The summed E-state index contributed by atoms with van der Waals surface area (Å²) in [6.07, 6.45) is 0.00130. The number of anilines is 1. The van der Waals surface area contributed by atoms with Crippen molar-refractivity contribution >= 4 is 23.5 Å². The summed E-state index contributed by atoms with van der Waals surface area (Å²) in [4.78, 5) is 38.3. The zero-order valence-electron chi connectivity index (χ0n) is 16.1. The van der Waals surface area contributed by atoms with Crippen LogP contribution in [0.5, 0.6) is 11.5 Å². The summed E-state index contributed by atoms with van der Waals surface area (Å²) in [5.41, 5.74) is 1.05. The van der Waals surface area contributed by atoms with Crippen molar-refractivity contribution in [2.45, 2.75) is 12.5 Å². The number of benzene rings is 2. The Morgan fingerprint density at radius 2 is 1.79 bits per heavy atom. The van der Waals surface area contributed by atoms with Crippen molar-refractivity contribution in [3.8, 4) is 11.5 Å². The number of nitrogens with one attached hydrogen (secondary N) is 1. The van der Waals surface area contributed by atoms with Gasteiger partial charge in [-0.15, -0.1) is 0 Å². The molecule has 0 unspecified atom stereocenters. The van der Waals surface area contributed by atoms with Crippen LogP contribution in [0.25, 0.3) is 0 Å². The van der Waals surface area contributed by atoms with E-state index in [0.29, 0.717) is 22.7 Å². The number of carboxylic acid groups (broad SMARTS) is 1. The van der Waals surface area contributed by atoms with Crippen LogP contribution in [0.3, 0.4) is 0 Å². The molecule has 1 saturated heterocycles. The Kier molecular flexibility index (Phi) is 6.01. The van der Waals surface area contributed by atoms with E-state index in [1.807, 2.05) is 0 Å². The maximum Gasteiger partial charge on any atom is 0.330 e. The van der Waals surface area contributed by atoms with Gasteiger partial charge in [0.1, 0.15) is 0 Å². The van der Waals surface area contributed by atoms with E-state index < -0.39 is 23.8 Å². The molecular formula is C21H22N2O6. The second-order valence-electron chi connectivity index (χ2n) is 6.64. The molecule has 8 heteroatoms. The third kappa shape index (κ3) is 4.31. The third-order valence-electron chi connectivity index (χ3n) is 4.84. The zero-order valence-corrected chi connectivity index (χ0v) is 16.1. The average molecular weight is 398 g/mol. The molecule has 2 aromatic rings. The Bertz CT molecular complexity index is 915. The molecule has 2 atom stereocenters. The number of carbonyl (C=O) groups is 3. The summed E-state index contributed by atoms with van der Waals surface area (Å²) in [6.45, 7) is 0.154. The van der Waals surface area contributed by atoms with Crippen molar-refractivity contribution in [2.24, 2.45) is 5.92 Å². The molecule has 2 amide bonds. The van der Waals surface area contributed by atoms with Crippen molar-refractivity contribution in [3.63, 3.8) is 0 Å². The van der Waals surface area contributed by atoms with Gasteiger partial charge in [-0.1, -0.05) is 30.3 Å². The number of nitrogens with zero attached hydrogens (tertiary/aromatic N) is 1. The van der Waals surface area contributed by atoms with Crippen LogP contribution in [0.2, 0.25) is 0 Å². The van der Waals surface area contributed by atoms with Crippen LogP contribution < -0.4 is 19.7 Å². The number of hydrogen-bond donors (Lipinski definition) is 2. The summed E-state index contributed by atoms with van der Waals surface area (Å²) < 4.78 is 10.5. The molecule has 152 valence electrons. The molecule has 3 rings (SSSR count). The van der Waals surface area contributed by atoms with Crippen LogP contribution in [0, 0.1) is 5.92 Å². The molecule has 1 aliphatic rings. The average Bonchev–Trinajstić information content (AvgIpc) is 3.13. The van der Waals surface area contributed by atoms with Gasteiger partial charge >= 0.3 is 5.97 Å². The number of amides is 2. The van der Waals surface area contributed by atoms with Crippen LogP contribution in [0.15, 0.2) is 48.5 Å². The Balaban J connectivity index is 1.74. The van der Waals surface area contributed by atoms with Crippen molar-refractivity contribution < 1.29 is 29.0 Å². The molecule has 2 aromatic carbocycles. The van der Waals surface area contributed by atoms with Gasteiger partial charge in [-0.05, 0) is 17.7 Å². The molecule has 0 spiro atoms. The maximum atomic E-state index is 12.7. The summed E-state index contributed by atoms with van der Waals surface area (Å²) >= 11 is 0. The second kappa shape index (κ2) is 8.64. The van der Waals surface area contributed by atoms with Gasteiger partial charge in [-0.25, -0.2) is 4.79 Å². The molecule has 1 fully saturated rings. The smallest absolute Gasteiger partial charge is 0.330 e. The van der Waals surface area contributed by atoms with Crippen molar-refractivity contribution in [1.82, 2.24) is 5.32 Å². The highest BCUT2D eigenvalue weighted by molar-refractivity contribution is 6.01. The van der Waals surface area contributed by atoms with Crippen LogP contribution in [0.4, 0.5) is 5.69 Å². The molecule has 8 nitrogen and oxygen atoms in total. The largest absolute Gasteiger partial charge is 0.493 e. The number of rotatable bonds is 7. The minimum absolute atomic E-state index is 0.00130. The molecule has 2 N–H and O–H groups in total. The molecule has 1 heterocycles. The van der Waals surface area contributed by atoms with Crippen LogP contribution in [-0.2, 0) is 14.4 Å². The van der Waals surface area contributed by atoms with E-state index in [2.05, 4.69) is 5.32 Å². The van der Waals surface area contributed by atoms with Crippen molar-refractivity contribution in [1.29, 1.82) is 0 Å². The van der Waals surface area contributed by atoms with Gasteiger partial charge in [0.2, 0.25) is 11.8 Å². The number of carbonyl (C=O) groups excluding carboxylic acids is 2. The van der Waals surface area contributed by atoms with Crippen molar-refractivity contribution in [2.75, 3.05) is 25.7 Å². The zero-order chi connectivity index (χ0) is 21.0. The van der Waals surface area contributed by atoms with Crippen molar-refractivity contribution in [3.05, 3.63) is 54.1 Å². The highest BCUT2D eigenvalue weighted by Crippen LogP contribution is 2.34. The SMILES string of the molecule is COc1ccc(N2C[C@H](C(=O)N[C@@H](C(=O)O)c3ccccc3)CC2=O)cc1OC. The number of aliphatic carboxylic acids is 1.